The van der Waals surface area contributed by atoms with Gasteiger partial charge >= 0.3 is 0 Å². The molecule has 2 aromatic heterocycles. The van der Waals surface area contributed by atoms with E-state index in [9.17, 15) is 14.5 Å². The van der Waals surface area contributed by atoms with Gasteiger partial charge in [-0.05, 0) is 30.3 Å². The number of rotatable bonds is 2. The van der Waals surface area contributed by atoms with E-state index in [-0.39, 0.29) is 11.5 Å². The van der Waals surface area contributed by atoms with E-state index in [1.165, 1.54) is 24.4 Å². The smallest absolute Gasteiger partial charge is 0.286 e. The maximum absolute atomic E-state index is 12.8. The molecular formula is C13H8FN3O2. The van der Waals surface area contributed by atoms with Crippen molar-refractivity contribution in [2.45, 2.75) is 0 Å². The van der Waals surface area contributed by atoms with Gasteiger partial charge in [0.1, 0.15) is 11.5 Å². The third kappa shape index (κ3) is 2.03. The molecule has 2 heterocycles. The standard InChI is InChI=1S/C13H8FN3O2/c14-10-3-1-9(2-4-10)12-8-16-7-11(17(18)19)5-6-13(16)15-12/h1-8H. The molecule has 0 unspecified atom stereocenters. The molecule has 0 aliphatic carbocycles. The van der Waals surface area contributed by atoms with Crippen LogP contribution in [0.3, 0.4) is 0 Å². The Kier molecular flexibility index (Phi) is 2.49. The molecule has 5 nitrogen and oxygen atoms in total. The predicted octanol–water partition coefficient (Wildman–Crippen LogP) is 3.05. The molecule has 6 heteroatoms. The van der Waals surface area contributed by atoms with Crippen LogP contribution >= 0.6 is 0 Å². The summed E-state index contributed by atoms with van der Waals surface area (Å²) >= 11 is 0. The lowest BCUT2D eigenvalue weighted by molar-refractivity contribution is -0.385. The summed E-state index contributed by atoms with van der Waals surface area (Å²) in [4.78, 5) is 14.6. The van der Waals surface area contributed by atoms with Crippen molar-refractivity contribution in [1.82, 2.24) is 9.38 Å². The fraction of sp³-hybridized carbons (Fsp3) is 0. The van der Waals surface area contributed by atoms with Crippen LogP contribution in [0.15, 0.2) is 48.8 Å². The summed E-state index contributed by atoms with van der Waals surface area (Å²) in [6, 6.07) is 8.91. The summed E-state index contributed by atoms with van der Waals surface area (Å²) in [7, 11) is 0. The quantitative estimate of drug-likeness (QED) is 0.523. The highest BCUT2D eigenvalue weighted by atomic mass is 19.1. The van der Waals surface area contributed by atoms with Crippen molar-refractivity contribution in [3.8, 4) is 11.3 Å². The zero-order chi connectivity index (χ0) is 13.4. The summed E-state index contributed by atoms with van der Waals surface area (Å²) in [5, 5.41) is 10.7. The van der Waals surface area contributed by atoms with Gasteiger partial charge in [0, 0.05) is 17.8 Å². The lowest BCUT2D eigenvalue weighted by Gasteiger charge is -1.94. The highest BCUT2D eigenvalue weighted by molar-refractivity contribution is 5.63. The molecule has 0 saturated carbocycles. The SMILES string of the molecule is O=[N+]([O-])c1ccc2nc(-c3ccc(F)cc3)cn2c1. The first-order chi connectivity index (χ1) is 9.13. The van der Waals surface area contributed by atoms with E-state index in [1.54, 1.807) is 28.8 Å². The Balaban J connectivity index is 2.11. The number of halogens is 1. The number of nitro groups is 1. The van der Waals surface area contributed by atoms with Crippen molar-refractivity contribution < 1.29 is 9.31 Å². The average molecular weight is 257 g/mol. The largest absolute Gasteiger partial charge is 0.300 e. The third-order valence-electron chi connectivity index (χ3n) is 2.79. The first-order valence-electron chi connectivity index (χ1n) is 5.52. The molecular weight excluding hydrogens is 249 g/mol. The number of fused-ring (bicyclic) bond motifs is 1. The molecule has 1 aromatic carbocycles. The number of aromatic nitrogens is 2. The summed E-state index contributed by atoms with van der Waals surface area (Å²) in [6.45, 7) is 0. The lowest BCUT2D eigenvalue weighted by atomic mass is 10.2. The van der Waals surface area contributed by atoms with Crippen LogP contribution in [0.1, 0.15) is 0 Å². The fourth-order valence-electron chi connectivity index (χ4n) is 1.85. The molecule has 19 heavy (non-hydrogen) atoms. The molecule has 0 bridgehead atoms. The van der Waals surface area contributed by atoms with E-state index in [2.05, 4.69) is 4.98 Å². The van der Waals surface area contributed by atoms with Crippen LogP contribution in [-0.2, 0) is 0 Å². The molecule has 0 N–H and O–H groups in total. The van der Waals surface area contributed by atoms with Crippen molar-refractivity contribution in [3.63, 3.8) is 0 Å². The van der Waals surface area contributed by atoms with Crippen LogP contribution in [0, 0.1) is 15.9 Å². The van der Waals surface area contributed by atoms with E-state index in [0.717, 1.165) is 5.56 Å². The second-order valence-electron chi connectivity index (χ2n) is 4.04. The average Bonchev–Trinajstić information content (AvgIpc) is 2.82. The normalized spacial score (nSPS) is 10.8. The van der Waals surface area contributed by atoms with Crippen molar-refractivity contribution >= 4 is 11.3 Å². The summed E-state index contributed by atoms with van der Waals surface area (Å²) in [5.74, 6) is -0.317. The minimum atomic E-state index is -0.461. The van der Waals surface area contributed by atoms with Crippen LogP contribution in [0.25, 0.3) is 16.9 Å². The van der Waals surface area contributed by atoms with Crippen LogP contribution in [0.5, 0.6) is 0 Å². The Labute approximate surface area is 107 Å². The van der Waals surface area contributed by atoms with Gasteiger partial charge in [-0.25, -0.2) is 9.37 Å². The van der Waals surface area contributed by atoms with Gasteiger partial charge in [0.05, 0.1) is 16.8 Å². The number of nitrogens with zero attached hydrogens (tertiary/aromatic N) is 3. The van der Waals surface area contributed by atoms with Crippen molar-refractivity contribution in [2.75, 3.05) is 0 Å². The van der Waals surface area contributed by atoms with Gasteiger partial charge in [0.2, 0.25) is 0 Å². The molecule has 0 aliphatic rings. The predicted molar refractivity (Wildman–Crippen MR) is 67.2 cm³/mol. The van der Waals surface area contributed by atoms with Gasteiger partial charge in [-0.3, -0.25) is 14.5 Å². The minimum Gasteiger partial charge on any atom is -0.300 e. The molecule has 0 spiro atoms. The number of benzene rings is 1. The first kappa shape index (κ1) is 11.3. The Hall–Kier alpha value is -2.76. The Morgan fingerprint density at radius 2 is 1.84 bits per heavy atom. The zero-order valence-corrected chi connectivity index (χ0v) is 9.65. The number of hydrogen-bond acceptors (Lipinski definition) is 3. The zero-order valence-electron chi connectivity index (χ0n) is 9.65. The van der Waals surface area contributed by atoms with Crippen LogP contribution in [0.2, 0.25) is 0 Å². The van der Waals surface area contributed by atoms with Gasteiger partial charge in [0.15, 0.2) is 0 Å². The van der Waals surface area contributed by atoms with Crippen molar-refractivity contribution in [2.24, 2.45) is 0 Å². The maximum Gasteiger partial charge on any atom is 0.286 e. The molecule has 3 rings (SSSR count). The lowest BCUT2D eigenvalue weighted by Crippen LogP contribution is -1.90. The minimum absolute atomic E-state index is 0.00411. The number of hydrogen-bond donors (Lipinski definition) is 0. The molecule has 0 fully saturated rings. The molecule has 0 radical (unpaired) electrons. The van der Waals surface area contributed by atoms with Gasteiger partial charge in [-0.2, -0.15) is 0 Å². The molecule has 3 aromatic rings. The summed E-state index contributed by atoms with van der Waals surface area (Å²) in [6.07, 6.45) is 3.07. The summed E-state index contributed by atoms with van der Waals surface area (Å²) in [5.41, 5.74) is 1.99. The number of imidazole rings is 1. The second kappa shape index (κ2) is 4.16. The van der Waals surface area contributed by atoms with Gasteiger partial charge < -0.3 is 0 Å². The Morgan fingerprint density at radius 1 is 1.11 bits per heavy atom. The highest BCUT2D eigenvalue weighted by Gasteiger charge is 2.09. The van der Waals surface area contributed by atoms with Crippen LogP contribution in [0.4, 0.5) is 10.1 Å². The van der Waals surface area contributed by atoms with Gasteiger partial charge in [-0.1, -0.05) is 0 Å². The maximum atomic E-state index is 12.8. The van der Waals surface area contributed by atoms with Crippen LogP contribution in [-0.4, -0.2) is 14.3 Å². The third-order valence-corrected chi connectivity index (χ3v) is 2.79. The topological polar surface area (TPSA) is 60.4 Å². The van der Waals surface area contributed by atoms with Crippen molar-refractivity contribution in [3.05, 3.63) is 64.7 Å². The first-order valence-corrected chi connectivity index (χ1v) is 5.52. The highest BCUT2D eigenvalue weighted by Crippen LogP contribution is 2.21. The monoisotopic (exact) mass is 257 g/mol. The summed E-state index contributed by atoms with van der Waals surface area (Å²) < 4.78 is 14.4. The number of pyridine rings is 1. The molecule has 94 valence electrons. The van der Waals surface area contributed by atoms with E-state index < -0.39 is 4.92 Å². The Bertz CT molecular complexity index is 765. The molecule has 0 amide bonds. The van der Waals surface area contributed by atoms with Gasteiger partial charge in [-0.15, -0.1) is 0 Å². The van der Waals surface area contributed by atoms with E-state index in [4.69, 9.17) is 0 Å². The van der Waals surface area contributed by atoms with E-state index >= 15 is 0 Å². The second-order valence-corrected chi connectivity index (χ2v) is 4.04. The molecule has 0 atom stereocenters. The van der Waals surface area contributed by atoms with Crippen LogP contribution < -0.4 is 0 Å². The molecule has 0 saturated heterocycles. The van der Waals surface area contributed by atoms with Crippen molar-refractivity contribution in [1.29, 1.82) is 0 Å². The van der Waals surface area contributed by atoms with Gasteiger partial charge in [0.25, 0.3) is 5.69 Å². The Morgan fingerprint density at radius 3 is 2.53 bits per heavy atom. The van der Waals surface area contributed by atoms with E-state index in [1.807, 2.05) is 0 Å². The molecule has 0 aliphatic heterocycles. The van der Waals surface area contributed by atoms with E-state index in [0.29, 0.717) is 11.3 Å². The fourth-order valence-corrected chi connectivity index (χ4v) is 1.85.